The number of carbonyl (C=O) groups is 2. The van der Waals surface area contributed by atoms with E-state index in [2.05, 4.69) is 5.32 Å². The van der Waals surface area contributed by atoms with Crippen LogP contribution in [0.2, 0.25) is 15.1 Å². The number of amides is 2. The molecule has 0 saturated heterocycles. The van der Waals surface area contributed by atoms with Crippen molar-refractivity contribution < 1.29 is 9.59 Å². The van der Waals surface area contributed by atoms with Gasteiger partial charge in [0.1, 0.15) is 6.04 Å². The fourth-order valence-electron chi connectivity index (χ4n) is 2.80. The van der Waals surface area contributed by atoms with Crippen molar-refractivity contribution >= 4 is 58.4 Å². The maximum absolute atomic E-state index is 13.1. The van der Waals surface area contributed by atoms with E-state index < -0.39 is 6.04 Å². The highest BCUT2D eigenvalue weighted by Crippen LogP contribution is 2.24. The highest BCUT2D eigenvalue weighted by molar-refractivity contribution is 7.99. The molecule has 0 aliphatic rings. The van der Waals surface area contributed by atoms with E-state index in [4.69, 9.17) is 34.8 Å². The van der Waals surface area contributed by atoms with Gasteiger partial charge >= 0.3 is 0 Å². The van der Waals surface area contributed by atoms with Crippen LogP contribution in [0.4, 0.5) is 0 Å². The van der Waals surface area contributed by atoms with Crippen molar-refractivity contribution in [2.75, 3.05) is 5.75 Å². The normalized spacial score (nSPS) is 12.8. The molecule has 2 amide bonds. The van der Waals surface area contributed by atoms with Crippen LogP contribution in [0.1, 0.15) is 38.3 Å². The highest BCUT2D eigenvalue weighted by Gasteiger charge is 2.26. The summed E-state index contributed by atoms with van der Waals surface area (Å²) in [6.45, 7) is 5.96. The van der Waals surface area contributed by atoms with Crippen molar-refractivity contribution in [1.82, 2.24) is 10.2 Å². The van der Waals surface area contributed by atoms with Crippen LogP contribution in [-0.4, -0.2) is 34.6 Å². The molecule has 0 bridgehead atoms. The predicted octanol–water partition coefficient (Wildman–Crippen LogP) is 6.21. The molecule has 2 aromatic rings. The molecule has 0 heterocycles. The number of rotatable bonds is 10. The molecular weight excluding hydrogens is 475 g/mol. The van der Waals surface area contributed by atoms with Gasteiger partial charge in [0, 0.05) is 23.4 Å². The van der Waals surface area contributed by atoms with Crippen LogP contribution >= 0.6 is 46.6 Å². The fourth-order valence-corrected chi connectivity index (χ4v) is 4.12. The van der Waals surface area contributed by atoms with E-state index in [-0.39, 0.29) is 30.2 Å². The average molecular weight is 502 g/mol. The number of nitrogens with zero attached hydrogens (tertiary/aromatic N) is 1. The SMILES string of the molecule is CC[C@H](C)NC(=O)[C@@H](C)N(Cc1ccc(Cl)c(Cl)c1)C(=O)CSCc1ccc(Cl)cc1. The summed E-state index contributed by atoms with van der Waals surface area (Å²) in [4.78, 5) is 27.4. The number of nitrogens with one attached hydrogen (secondary N) is 1. The van der Waals surface area contributed by atoms with Gasteiger partial charge in [0.25, 0.3) is 0 Å². The van der Waals surface area contributed by atoms with Gasteiger partial charge < -0.3 is 10.2 Å². The second kappa shape index (κ2) is 12.6. The van der Waals surface area contributed by atoms with Gasteiger partial charge in [-0.1, -0.05) is 59.9 Å². The summed E-state index contributed by atoms with van der Waals surface area (Å²) in [5, 5.41) is 4.50. The predicted molar refractivity (Wildman–Crippen MR) is 132 cm³/mol. The molecule has 0 saturated carbocycles. The molecular formula is C23H27Cl3N2O2S. The Kier molecular flexibility index (Phi) is 10.5. The number of thioether (sulfide) groups is 1. The van der Waals surface area contributed by atoms with Crippen molar-refractivity contribution in [3.8, 4) is 0 Å². The molecule has 2 atom stereocenters. The van der Waals surface area contributed by atoms with Gasteiger partial charge in [0.05, 0.1) is 15.8 Å². The first-order chi connectivity index (χ1) is 14.7. The van der Waals surface area contributed by atoms with Crippen LogP contribution in [0.3, 0.4) is 0 Å². The second-order valence-corrected chi connectivity index (χ2v) is 9.62. The van der Waals surface area contributed by atoms with Crippen molar-refractivity contribution in [2.24, 2.45) is 0 Å². The lowest BCUT2D eigenvalue weighted by molar-refractivity contribution is -0.138. The monoisotopic (exact) mass is 500 g/mol. The molecule has 0 aromatic heterocycles. The van der Waals surface area contributed by atoms with Gasteiger partial charge in [-0.3, -0.25) is 9.59 Å². The summed E-state index contributed by atoms with van der Waals surface area (Å²) < 4.78 is 0. The molecule has 0 aliphatic heterocycles. The van der Waals surface area contributed by atoms with E-state index in [1.54, 1.807) is 24.0 Å². The lowest BCUT2D eigenvalue weighted by atomic mass is 10.1. The number of halogens is 3. The Morgan fingerprint density at radius 2 is 1.65 bits per heavy atom. The van der Waals surface area contributed by atoms with E-state index >= 15 is 0 Å². The Balaban J connectivity index is 2.10. The first-order valence-corrected chi connectivity index (χ1v) is 12.4. The minimum absolute atomic E-state index is 0.0381. The Bertz CT molecular complexity index is 893. The molecule has 0 aliphatic carbocycles. The molecule has 168 valence electrons. The fraction of sp³-hybridized carbons (Fsp3) is 0.391. The maximum Gasteiger partial charge on any atom is 0.242 e. The first-order valence-electron chi connectivity index (χ1n) is 10.1. The zero-order chi connectivity index (χ0) is 23.0. The Hall–Kier alpha value is -1.40. The third-order valence-electron chi connectivity index (χ3n) is 4.91. The Morgan fingerprint density at radius 3 is 2.26 bits per heavy atom. The molecule has 2 aromatic carbocycles. The largest absolute Gasteiger partial charge is 0.352 e. The molecule has 0 fully saturated rings. The average Bonchev–Trinajstić information content (AvgIpc) is 2.75. The van der Waals surface area contributed by atoms with Crippen LogP contribution < -0.4 is 5.32 Å². The van der Waals surface area contributed by atoms with E-state index in [0.29, 0.717) is 20.8 Å². The van der Waals surface area contributed by atoms with Gasteiger partial charge in [-0.2, -0.15) is 0 Å². The summed E-state index contributed by atoms with van der Waals surface area (Å²) in [5.41, 5.74) is 1.90. The quantitative estimate of drug-likeness (QED) is 0.421. The van der Waals surface area contributed by atoms with E-state index in [9.17, 15) is 9.59 Å². The van der Waals surface area contributed by atoms with Gasteiger partial charge in [0.2, 0.25) is 11.8 Å². The smallest absolute Gasteiger partial charge is 0.242 e. The van der Waals surface area contributed by atoms with Crippen LogP contribution in [0, 0.1) is 0 Å². The van der Waals surface area contributed by atoms with E-state index in [1.807, 2.05) is 44.2 Å². The topological polar surface area (TPSA) is 49.4 Å². The highest BCUT2D eigenvalue weighted by atomic mass is 35.5. The van der Waals surface area contributed by atoms with Crippen LogP contribution in [-0.2, 0) is 21.9 Å². The van der Waals surface area contributed by atoms with Gasteiger partial charge in [0.15, 0.2) is 0 Å². The molecule has 8 heteroatoms. The minimum atomic E-state index is -0.618. The number of carbonyl (C=O) groups excluding carboxylic acids is 2. The van der Waals surface area contributed by atoms with Crippen LogP contribution in [0.15, 0.2) is 42.5 Å². The first kappa shape index (κ1) is 25.9. The van der Waals surface area contributed by atoms with E-state index in [0.717, 1.165) is 17.5 Å². The molecule has 1 N–H and O–H groups in total. The molecule has 31 heavy (non-hydrogen) atoms. The summed E-state index contributed by atoms with van der Waals surface area (Å²) in [6.07, 6.45) is 0.816. The molecule has 4 nitrogen and oxygen atoms in total. The van der Waals surface area contributed by atoms with E-state index in [1.165, 1.54) is 11.8 Å². The second-order valence-electron chi connectivity index (χ2n) is 7.38. The zero-order valence-electron chi connectivity index (χ0n) is 17.8. The minimum Gasteiger partial charge on any atom is -0.352 e. The summed E-state index contributed by atoms with van der Waals surface area (Å²) >= 11 is 19.6. The number of hydrogen-bond acceptors (Lipinski definition) is 3. The Morgan fingerprint density at radius 1 is 1.00 bits per heavy atom. The standard InChI is InChI=1S/C23H27Cl3N2O2S/c1-4-15(2)27-23(30)16(3)28(12-18-7-10-20(25)21(26)11-18)22(29)14-31-13-17-5-8-19(24)9-6-17/h5-11,15-16H,4,12-14H2,1-3H3,(H,27,30)/t15-,16+/m0/s1. The van der Waals surface area contributed by atoms with Crippen molar-refractivity contribution in [3.05, 3.63) is 68.7 Å². The lowest BCUT2D eigenvalue weighted by Gasteiger charge is -2.29. The van der Waals surface area contributed by atoms with Crippen molar-refractivity contribution in [2.45, 2.75) is 51.6 Å². The molecule has 0 radical (unpaired) electrons. The number of benzene rings is 2. The Labute approximate surface area is 203 Å². The zero-order valence-corrected chi connectivity index (χ0v) is 20.9. The molecule has 0 spiro atoms. The van der Waals surface area contributed by atoms with Crippen molar-refractivity contribution in [1.29, 1.82) is 0 Å². The van der Waals surface area contributed by atoms with Crippen molar-refractivity contribution in [3.63, 3.8) is 0 Å². The summed E-state index contributed by atoms with van der Waals surface area (Å²) in [7, 11) is 0. The summed E-state index contributed by atoms with van der Waals surface area (Å²) in [6, 6.07) is 12.2. The lowest BCUT2D eigenvalue weighted by Crippen LogP contribution is -2.50. The van der Waals surface area contributed by atoms with Gasteiger partial charge in [-0.05, 0) is 55.7 Å². The maximum atomic E-state index is 13.1. The summed E-state index contributed by atoms with van der Waals surface area (Å²) in [5.74, 6) is 0.643. The third kappa shape index (κ3) is 8.23. The van der Waals surface area contributed by atoms with Crippen LogP contribution in [0.5, 0.6) is 0 Å². The molecule has 2 rings (SSSR count). The molecule has 0 unspecified atom stereocenters. The van der Waals surface area contributed by atoms with Gasteiger partial charge in [-0.25, -0.2) is 0 Å². The number of hydrogen-bond donors (Lipinski definition) is 1. The van der Waals surface area contributed by atoms with Crippen LogP contribution in [0.25, 0.3) is 0 Å². The third-order valence-corrected chi connectivity index (χ3v) is 6.89. The van der Waals surface area contributed by atoms with Gasteiger partial charge in [-0.15, -0.1) is 11.8 Å².